The van der Waals surface area contributed by atoms with E-state index < -0.39 is 0 Å². The minimum Gasteiger partial charge on any atom is -0.343 e. The van der Waals surface area contributed by atoms with Gasteiger partial charge in [-0.05, 0) is 31.6 Å². The fourth-order valence-corrected chi connectivity index (χ4v) is 2.93. The molecule has 0 spiro atoms. The van der Waals surface area contributed by atoms with Crippen molar-refractivity contribution >= 4 is 5.91 Å². The molecule has 2 aliphatic rings. The summed E-state index contributed by atoms with van der Waals surface area (Å²) in [6.45, 7) is 4.15. The van der Waals surface area contributed by atoms with Crippen molar-refractivity contribution in [3.05, 3.63) is 0 Å². The van der Waals surface area contributed by atoms with Crippen molar-refractivity contribution in [2.24, 2.45) is 11.7 Å². The lowest BCUT2D eigenvalue weighted by Gasteiger charge is -2.33. The summed E-state index contributed by atoms with van der Waals surface area (Å²) in [5.41, 5.74) is 6.07. The lowest BCUT2D eigenvalue weighted by Crippen LogP contribution is -2.45. The van der Waals surface area contributed by atoms with E-state index in [4.69, 9.17) is 5.73 Å². The molecular formula is C13H24N2O. The summed E-state index contributed by atoms with van der Waals surface area (Å²) in [6, 6.07) is 0. The Morgan fingerprint density at radius 2 is 1.88 bits per heavy atom. The monoisotopic (exact) mass is 224 g/mol. The van der Waals surface area contributed by atoms with Crippen LogP contribution in [0.4, 0.5) is 0 Å². The second-order valence-electron chi connectivity index (χ2n) is 5.81. The SMILES string of the molecule is CC1CCN(C(=O)CC2(N)CCCC2)CC1. The van der Waals surface area contributed by atoms with Gasteiger partial charge in [0.2, 0.25) is 5.91 Å². The second-order valence-corrected chi connectivity index (χ2v) is 5.81. The first-order valence-electron chi connectivity index (χ1n) is 6.66. The van der Waals surface area contributed by atoms with Gasteiger partial charge in [0.25, 0.3) is 0 Å². The van der Waals surface area contributed by atoms with E-state index in [1.165, 1.54) is 12.8 Å². The molecule has 2 N–H and O–H groups in total. The average molecular weight is 224 g/mol. The second kappa shape index (κ2) is 4.74. The van der Waals surface area contributed by atoms with Gasteiger partial charge < -0.3 is 10.6 Å². The van der Waals surface area contributed by atoms with Crippen LogP contribution < -0.4 is 5.73 Å². The predicted molar refractivity (Wildman–Crippen MR) is 65.0 cm³/mol. The lowest BCUT2D eigenvalue weighted by molar-refractivity contribution is -0.133. The molecule has 1 aliphatic carbocycles. The zero-order valence-corrected chi connectivity index (χ0v) is 10.4. The van der Waals surface area contributed by atoms with Gasteiger partial charge >= 0.3 is 0 Å². The first kappa shape index (κ1) is 11.9. The van der Waals surface area contributed by atoms with E-state index in [2.05, 4.69) is 6.92 Å². The van der Waals surface area contributed by atoms with E-state index in [1.807, 2.05) is 4.90 Å². The van der Waals surface area contributed by atoms with Gasteiger partial charge in [0.1, 0.15) is 0 Å². The highest BCUT2D eigenvalue weighted by atomic mass is 16.2. The lowest BCUT2D eigenvalue weighted by atomic mass is 9.92. The Labute approximate surface area is 98.4 Å². The Morgan fingerprint density at radius 1 is 1.31 bits per heavy atom. The number of piperidine rings is 1. The molecule has 3 heteroatoms. The molecule has 1 amide bonds. The van der Waals surface area contributed by atoms with E-state index in [-0.39, 0.29) is 11.4 Å². The van der Waals surface area contributed by atoms with Gasteiger partial charge in [-0.15, -0.1) is 0 Å². The molecule has 2 fully saturated rings. The van der Waals surface area contributed by atoms with Crippen molar-refractivity contribution in [3.63, 3.8) is 0 Å². The average Bonchev–Trinajstić information content (AvgIpc) is 2.65. The molecule has 1 saturated heterocycles. The Kier molecular flexibility index (Phi) is 3.53. The Hall–Kier alpha value is -0.570. The highest BCUT2D eigenvalue weighted by Gasteiger charge is 2.33. The van der Waals surface area contributed by atoms with Crippen LogP contribution in [0.25, 0.3) is 0 Å². The standard InChI is InChI=1S/C13H24N2O/c1-11-4-8-15(9-5-11)12(16)10-13(14)6-2-3-7-13/h11H,2-10,14H2,1H3. The Balaban J connectivity index is 1.83. The molecule has 1 heterocycles. The van der Waals surface area contributed by atoms with E-state index in [1.54, 1.807) is 0 Å². The summed E-state index contributed by atoms with van der Waals surface area (Å²) in [6.07, 6.45) is 7.33. The van der Waals surface area contributed by atoms with Crippen LogP contribution in [0.1, 0.15) is 51.9 Å². The van der Waals surface area contributed by atoms with Crippen LogP contribution in [0.5, 0.6) is 0 Å². The number of hydrogen-bond donors (Lipinski definition) is 1. The molecule has 3 nitrogen and oxygen atoms in total. The summed E-state index contributed by atoms with van der Waals surface area (Å²) in [5, 5.41) is 0. The number of carbonyl (C=O) groups is 1. The van der Waals surface area contributed by atoms with E-state index in [9.17, 15) is 4.79 Å². The van der Waals surface area contributed by atoms with Gasteiger partial charge in [0.05, 0.1) is 0 Å². The number of hydrogen-bond acceptors (Lipinski definition) is 2. The third-order valence-electron chi connectivity index (χ3n) is 4.24. The van der Waals surface area contributed by atoms with Gasteiger partial charge in [-0.1, -0.05) is 19.8 Å². The summed E-state index contributed by atoms with van der Waals surface area (Å²) < 4.78 is 0. The zero-order chi connectivity index (χ0) is 11.6. The molecule has 1 saturated carbocycles. The van der Waals surface area contributed by atoms with Gasteiger partial charge in [-0.25, -0.2) is 0 Å². The molecular weight excluding hydrogens is 200 g/mol. The molecule has 0 aromatic heterocycles. The molecule has 0 aromatic rings. The predicted octanol–water partition coefficient (Wildman–Crippen LogP) is 1.91. The smallest absolute Gasteiger partial charge is 0.224 e. The maximum Gasteiger partial charge on any atom is 0.224 e. The summed E-state index contributed by atoms with van der Waals surface area (Å²) in [5.74, 6) is 1.07. The van der Waals surface area contributed by atoms with Crippen molar-refractivity contribution < 1.29 is 4.79 Å². The van der Waals surface area contributed by atoms with Crippen LogP contribution in [0.2, 0.25) is 0 Å². The van der Waals surface area contributed by atoms with Crippen molar-refractivity contribution in [2.45, 2.75) is 57.4 Å². The van der Waals surface area contributed by atoms with E-state index in [0.29, 0.717) is 6.42 Å². The van der Waals surface area contributed by atoms with Crippen LogP contribution in [0.15, 0.2) is 0 Å². The van der Waals surface area contributed by atoms with Gasteiger partial charge in [-0.3, -0.25) is 4.79 Å². The molecule has 0 radical (unpaired) electrons. The summed E-state index contributed by atoms with van der Waals surface area (Å²) in [4.78, 5) is 14.1. The number of likely N-dealkylation sites (tertiary alicyclic amines) is 1. The van der Waals surface area contributed by atoms with E-state index in [0.717, 1.165) is 44.7 Å². The number of carbonyl (C=O) groups excluding carboxylic acids is 1. The molecule has 0 aromatic carbocycles. The third kappa shape index (κ3) is 2.76. The maximum atomic E-state index is 12.1. The quantitative estimate of drug-likeness (QED) is 0.778. The van der Waals surface area contributed by atoms with Crippen LogP contribution >= 0.6 is 0 Å². The normalized spacial score (nSPS) is 26.0. The van der Waals surface area contributed by atoms with Crippen molar-refractivity contribution in [3.8, 4) is 0 Å². The van der Waals surface area contributed by atoms with Crippen LogP contribution in [0, 0.1) is 5.92 Å². The fourth-order valence-electron chi connectivity index (χ4n) is 2.93. The van der Waals surface area contributed by atoms with Crippen LogP contribution in [-0.4, -0.2) is 29.4 Å². The highest BCUT2D eigenvalue weighted by Crippen LogP contribution is 2.31. The first-order valence-corrected chi connectivity index (χ1v) is 6.66. The highest BCUT2D eigenvalue weighted by molar-refractivity contribution is 5.77. The number of rotatable bonds is 2. The topological polar surface area (TPSA) is 46.3 Å². The maximum absolute atomic E-state index is 12.1. The Morgan fingerprint density at radius 3 is 2.44 bits per heavy atom. The molecule has 2 rings (SSSR count). The fraction of sp³-hybridized carbons (Fsp3) is 0.923. The Bertz CT molecular complexity index is 251. The van der Waals surface area contributed by atoms with E-state index >= 15 is 0 Å². The molecule has 0 atom stereocenters. The minimum absolute atomic E-state index is 0.180. The molecule has 0 unspecified atom stereocenters. The van der Waals surface area contributed by atoms with Crippen LogP contribution in [-0.2, 0) is 4.79 Å². The summed E-state index contributed by atoms with van der Waals surface area (Å²) in [7, 11) is 0. The molecule has 0 bridgehead atoms. The first-order chi connectivity index (χ1) is 7.59. The zero-order valence-electron chi connectivity index (χ0n) is 10.4. The minimum atomic E-state index is -0.180. The number of amides is 1. The van der Waals surface area contributed by atoms with Crippen molar-refractivity contribution in [1.82, 2.24) is 4.90 Å². The molecule has 92 valence electrons. The number of nitrogens with two attached hydrogens (primary N) is 1. The summed E-state index contributed by atoms with van der Waals surface area (Å²) >= 11 is 0. The van der Waals surface area contributed by atoms with Gasteiger partial charge in [0.15, 0.2) is 0 Å². The van der Waals surface area contributed by atoms with Gasteiger partial charge in [-0.2, -0.15) is 0 Å². The van der Waals surface area contributed by atoms with Crippen molar-refractivity contribution in [2.75, 3.05) is 13.1 Å². The van der Waals surface area contributed by atoms with Gasteiger partial charge in [0, 0.05) is 25.0 Å². The third-order valence-corrected chi connectivity index (χ3v) is 4.24. The van der Waals surface area contributed by atoms with Crippen LogP contribution in [0.3, 0.4) is 0 Å². The number of nitrogens with zero attached hydrogens (tertiary/aromatic N) is 1. The molecule has 1 aliphatic heterocycles. The molecule has 16 heavy (non-hydrogen) atoms. The largest absolute Gasteiger partial charge is 0.343 e. The van der Waals surface area contributed by atoms with Crippen molar-refractivity contribution in [1.29, 1.82) is 0 Å².